The molecule has 4 heteroatoms. The number of amides is 1. The van der Waals surface area contributed by atoms with Gasteiger partial charge in [0.05, 0.1) is 6.04 Å². The Balaban J connectivity index is 4.55. The van der Waals surface area contributed by atoms with Crippen LogP contribution in [-0.4, -0.2) is 43.0 Å². The van der Waals surface area contributed by atoms with E-state index in [1.165, 1.54) is 0 Å². The molecule has 0 bridgehead atoms. The van der Waals surface area contributed by atoms with Crippen molar-refractivity contribution in [3.05, 3.63) is 0 Å². The Kier molecular flexibility index (Phi) is 7.39. The predicted molar refractivity (Wildman–Crippen MR) is 72.8 cm³/mol. The van der Waals surface area contributed by atoms with Crippen LogP contribution in [0.2, 0.25) is 0 Å². The lowest BCUT2D eigenvalue weighted by atomic mass is 9.92. The van der Waals surface area contributed by atoms with Crippen molar-refractivity contribution < 1.29 is 4.79 Å². The lowest BCUT2D eigenvalue weighted by molar-refractivity contribution is -0.126. The number of nitrogens with one attached hydrogen (secondary N) is 1. The summed E-state index contributed by atoms with van der Waals surface area (Å²) in [6.45, 7) is 13.4. The van der Waals surface area contributed by atoms with Crippen molar-refractivity contribution in [1.82, 2.24) is 10.2 Å². The largest absolute Gasteiger partial charge is 0.355 e. The minimum absolute atomic E-state index is 0.0515. The molecule has 0 aliphatic rings. The number of rotatable bonds is 8. The van der Waals surface area contributed by atoms with E-state index in [2.05, 4.69) is 31.0 Å². The third-order valence-corrected chi connectivity index (χ3v) is 2.97. The molecule has 0 aromatic heterocycles. The molecule has 0 radical (unpaired) electrons. The molecule has 0 fully saturated rings. The van der Waals surface area contributed by atoms with Gasteiger partial charge in [-0.2, -0.15) is 0 Å². The summed E-state index contributed by atoms with van der Waals surface area (Å²) in [5, 5.41) is 2.88. The third-order valence-electron chi connectivity index (χ3n) is 2.97. The SMILES string of the molecule is CCCN(CC(C)(C)CN)C(C)C(=O)NCC. The average molecular weight is 243 g/mol. The molecule has 0 spiro atoms. The van der Waals surface area contributed by atoms with E-state index in [0.29, 0.717) is 13.1 Å². The Labute approximate surface area is 106 Å². The van der Waals surface area contributed by atoms with Crippen molar-refractivity contribution in [2.24, 2.45) is 11.1 Å². The molecular weight excluding hydrogens is 214 g/mol. The molecule has 17 heavy (non-hydrogen) atoms. The molecule has 0 saturated carbocycles. The van der Waals surface area contributed by atoms with Crippen molar-refractivity contribution >= 4 is 5.91 Å². The minimum Gasteiger partial charge on any atom is -0.355 e. The molecule has 4 nitrogen and oxygen atoms in total. The van der Waals surface area contributed by atoms with Gasteiger partial charge in [0.15, 0.2) is 0 Å². The molecule has 0 aliphatic carbocycles. The molecule has 0 rings (SSSR count). The molecule has 3 N–H and O–H groups in total. The quantitative estimate of drug-likeness (QED) is 0.673. The van der Waals surface area contributed by atoms with Gasteiger partial charge in [0.1, 0.15) is 0 Å². The molecule has 1 amide bonds. The van der Waals surface area contributed by atoms with Gasteiger partial charge in [-0.05, 0) is 38.8 Å². The Morgan fingerprint density at radius 3 is 2.41 bits per heavy atom. The van der Waals surface area contributed by atoms with Gasteiger partial charge >= 0.3 is 0 Å². The summed E-state index contributed by atoms with van der Waals surface area (Å²) < 4.78 is 0. The molecule has 0 aromatic rings. The highest BCUT2D eigenvalue weighted by Crippen LogP contribution is 2.17. The van der Waals surface area contributed by atoms with E-state index < -0.39 is 0 Å². The molecule has 1 atom stereocenters. The van der Waals surface area contributed by atoms with Crippen LogP contribution in [0, 0.1) is 5.41 Å². The number of hydrogen-bond acceptors (Lipinski definition) is 3. The average Bonchev–Trinajstić information content (AvgIpc) is 2.27. The first-order valence-electron chi connectivity index (χ1n) is 6.59. The van der Waals surface area contributed by atoms with Gasteiger partial charge in [0, 0.05) is 13.1 Å². The van der Waals surface area contributed by atoms with Gasteiger partial charge in [0.25, 0.3) is 0 Å². The highest BCUT2D eigenvalue weighted by Gasteiger charge is 2.26. The Bertz CT molecular complexity index is 229. The maximum atomic E-state index is 11.8. The lowest BCUT2D eigenvalue weighted by Crippen LogP contribution is -2.49. The van der Waals surface area contributed by atoms with Gasteiger partial charge in [-0.25, -0.2) is 0 Å². The molecule has 0 saturated heterocycles. The van der Waals surface area contributed by atoms with Gasteiger partial charge in [-0.1, -0.05) is 20.8 Å². The van der Waals surface area contributed by atoms with E-state index >= 15 is 0 Å². The van der Waals surface area contributed by atoms with E-state index in [1.807, 2.05) is 13.8 Å². The second kappa shape index (κ2) is 7.67. The van der Waals surface area contributed by atoms with Gasteiger partial charge < -0.3 is 11.1 Å². The smallest absolute Gasteiger partial charge is 0.237 e. The van der Waals surface area contributed by atoms with Crippen molar-refractivity contribution in [3.63, 3.8) is 0 Å². The summed E-state index contributed by atoms with van der Waals surface area (Å²) in [4.78, 5) is 14.1. The lowest BCUT2D eigenvalue weighted by Gasteiger charge is -2.35. The number of likely N-dealkylation sites (N-methyl/N-ethyl adjacent to an activating group) is 1. The maximum Gasteiger partial charge on any atom is 0.237 e. The zero-order valence-electron chi connectivity index (χ0n) is 12.0. The van der Waals surface area contributed by atoms with Crippen LogP contribution in [0.4, 0.5) is 0 Å². The fraction of sp³-hybridized carbons (Fsp3) is 0.923. The van der Waals surface area contributed by atoms with Crippen LogP contribution >= 0.6 is 0 Å². The first-order valence-corrected chi connectivity index (χ1v) is 6.59. The second-order valence-corrected chi connectivity index (χ2v) is 5.41. The van der Waals surface area contributed by atoms with Crippen LogP contribution < -0.4 is 11.1 Å². The van der Waals surface area contributed by atoms with Crippen molar-refractivity contribution in [3.8, 4) is 0 Å². The van der Waals surface area contributed by atoms with Gasteiger partial charge in [0.2, 0.25) is 5.91 Å². The normalized spacial score (nSPS) is 13.8. The van der Waals surface area contributed by atoms with Crippen LogP contribution in [0.3, 0.4) is 0 Å². The zero-order chi connectivity index (χ0) is 13.5. The summed E-state index contributed by atoms with van der Waals surface area (Å²) in [6, 6.07) is -0.0827. The zero-order valence-corrected chi connectivity index (χ0v) is 12.0. The Morgan fingerprint density at radius 1 is 1.41 bits per heavy atom. The summed E-state index contributed by atoms with van der Waals surface area (Å²) >= 11 is 0. The maximum absolute atomic E-state index is 11.8. The molecule has 102 valence electrons. The van der Waals surface area contributed by atoms with Crippen molar-refractivity contribution in [1.29, 1.82) is 0 Å². The van der Waals surface area contributed by atoms with Crippen LogP contribution in [0.25, 0.3) is 0 Å². The number of carbonyl (C=O) groups is 1. The number of nitrogens with two attached hydrogens (primary N) is 1. The van der Waals surface area contributed by atoms with Crippen LogP contribution in [0.15, 0.2) is 0 Å². The summed E-state index contributed by atoms with van der Waals surface area (Å²) in [6.07, 6.45) is 1.05. The number of carbonyl (C=O) groups excluding carboxylic acids is 1. The summed E-state index contributed by atoms with van der Waals surface area (Å²) in [5.74, 6) is 0.105. The van der Waals surface area contributed by atoms with E-state index in [9.17, 15) is 4.79 Å². The molecular formula is C13H29N3O. The van der Waals surface area contributed by atoms with Gasteiger partial charge in [-0.3, -0.25) is 9.69 Å². The topological polar surface area (TPSA) is 58.4 Å². The molecule has 0 aromatic carbocycles. The second-order valence-electron chi connectivity index (χ2n) is 5.41. The fourth-order valence-corrected chi connectivity index (χ4v) is 1.80. The summed E-state index contributed by atoms with van der Waals surface area (Å²) in [5.41, 5.74) is 5.81. The Hall–Kier alpha value is -0.610. The summed E-state index contributed by atoms with van der Waals surface area (Å²) in [7, 11) is 0. The number of hydrogen-bond donors (Lipinski definition) is 2. The van der Waals surface area contributed by atoms with Gasteiger partial charge in [-0.15, -0.1) is 0 Å². The molecule has 1 unspecified atom stereocenters. The molecule has 0 heterocycles. The third kappa shape index (κ3) is 6.03. The van der Waals surface area contributed by atoms with E-state index in [-0.39, 0.29) is 17.4 Å². The van der Waals surface area contributed by atoms with Crippen LogP contribution in [-0.2, 0) is 4.79 Å². The van der Waals surface area contributed by atoms with Crippen LogP contribution in [0.5, 0.6) is 0 Å². The first-order chi connectivity index (χ1) is 7.87. The monoisotopic (exact) mass is 243 g/mol. The first kappa shape index (κ1) is 16.4. The van der Waals surface area contributed by atoms with E-state index in [1.54, 1.807) is 0 Å². The highest BCUT2D eigenvalue weighted by atomic mass is 16.2. The fourth-order valence-electron chi connectivity index (χ4n) is 1.80. The van der Waals surface area contributed by atoms with Crippen molar-refractivity contribution in [2.75, 3.05) is 26.2 Å². The standard InChI is InChI=1S/C13H29N3O/c1-6-8-16(10-13(4,5)9-14)11(3)12(17)15-7-2/h11H,6-10,14H2,1-5H3,(H,15,17). The van der Waals surface area contributed by atoms with E-state index in [0.717, 1.165) is 19.5 Å². The number of nitrogens with zero attached hydrogens (tertiary/aromatic N) is 1. The van der Waals surface area contributed by atoms with E-state index in [4.69, 9.17) is 5.73 Å². The Morgan fingerprint density at radius 2 is 2.00 bits per heavy atom. The van der Waals surface area contributed by atoms with Crippen molar-refractivity contribution in [2.45, 2.75) is 47.1 Å². The van der Waals surface area contributed by atoms with Crippen LogP contribution in [0.1, 0.15) is 41.0 Å². The highest BCUT2D eigenvalue weighted by molar-refractivity contribution is 5.81. The molecule has 0 aliphatic heterocycles. The minimum atomic E-state index is -0.0827. The predicted octanol–water partition coefficient (Wildman–Crippen LogP) is 1.21.